The van der Waals surface area contributed by atoms with Gasteiger partial charge in [-0.05, 0) is 74.8 Å². The SMILES string of the molecule is CCCNC(=O)CN(C)CC(=O)Nc1ccc(Sc2ccc(C)c(C)c2)cc1. The molecule has 0 aromatic heterocycles. The summed E-state index contributed by atoms with van der Waals surface area (Å²) in [6.45, 7) is 7.25. The maximum Gasteiger partial charge on any atom is 0.238 e. The van der Waals surface area contributed by atoms with Crippen LogP contribution in [0.1, 0.15) is 24.5 Å². The van der Waals surface area contributed by atoms with Crippen LogP contribution in [0, 0.1) is 13.8 Å². The van der Waals surface area contributed by atoms with Gasteiger partial charge in [-0.1, -0.05) is 24.8 Å². The van der Waals surface area contributed by atoms with Gasteiger partial charge in [-0.2, -0.15) is 0 Å². The summed E-state index contributed by atoms with van der Waals surface area (Å²) in [6.07, 6.45) is 0.897. The molecule has 0 saturated heterocycles. The van der Waals surface area contributed by atoms with E-state index in [0.717, 1.165) is 17.0 Å². The van der Waals surface area contributed by atoms with E-state index in [-0.39, 0.29) is 24.9 Å². The molecule has 0 aliphatic rings. The zero-order valence-electron chi connectivity index (χ0n) is 17.0. The summed E-state index contributed by atoms with van der Waals surface area (Å²) in [5.41, 5.74) is 3.31. The van der Waals surface area contributed by atoms with Gasteiger partial charge in [0, 0.05) is 22.0 Å². The molecular formula is C22H29N3O2S. The third kappa shape index (κ3) is 7.37. The van der Waals surface area contributed by atoms with Gasteiger partial charge in [0.05, 0.1) is 13.1 Å². The van der Waals surface area contributed by atoms with Gasteiger partial charge in [-0.15, -0.1) is 0 Å². The van der Waals surface area contributed by atoms with Crippen LogP contribution in [-0.4, -0.2) is 43.4 Å². The Hall–Kier alpha value is -2.31. The third-order valence-corrected chi connectivity index (χ3v) is 5.25. The van der Waals surface area contributed by atoms with Crippen molar-refractivity contribution in [1.82, 2.24) is 10.2 Å². The van der Waals surface area contributed by atoms with Crippen LogP contribution < -0.4 is 10.6 Å². The summed E-state index contributed by atoms with van der Waals surface area (Å²) in [6, 6.07) is 14.2. The Bertz CT molecular complexity index is 806. The van der Waals surface area contributed by atoms with Gasteiger partial charge < -0.3 is 10.6 Å². The topological polar surface area (TPSA) is 61.4 Å². The van der Waals surface area contributed by atoms with Crippen molar-refractivity contribution in [2.24, 2.45) is 0 Å². The molecule has 0 aliphatic heterocycles. The van der Waals surface area contributed by atoms with Crippen LogP contribution in [0.4, 0.5) is 5.69 Å². The Labute approximate surface area is 171 Å². The molecule has 2 rings (SSSR count). The summed E-state index contributed by atoms with van der Waals surface area (Å²) in [5, 5.41) is 5.68. The number of hydrogen-bond acceptors (Lipinski definition) is 4. The highest BCUT2D eigenvalue weighted by molar-refractivity contribution is 7.99. The molecule has 0 atom stereocenters. The molecule has 28 heavy (non-hydrogen) atoms. The van der Waals surface area contributed by atoms with Gasteiger partial charge in [0.1, 0.15) is 0 Å². The number of carbonyl (C=O) groups is 2. The standard InChI is InChI=1S/C22H29N3O2S/c1-5-12-23-21(26)14-25(4)15-22(27)24-18-7-10-19(11-8-18)28-20-9-6-16(2)17(3)13-20/h6-11,13H,5,12,14-15H2,1-4H3,(H,23,26)(H,24,27). The van der Waals surface area contributed by atoms with Gasteiger partial charge in [0.15, 0.2) is 0 Å². The molecule has 0 saturated carbocycles. The minimum Gasteiger partial charge on any atom is -0.355 e. The lowest BCUT2D eigenvalue weighted by Gasteiger charge is -2.16. The molecule has 150 valence electrons. The Morgan fingerprint density at radius 1 is 0.929 bits per heavy atom. The Morgan fingerprint density at radius 3 is 2.21 bits per heavy atom. The van der Waals surface area contributed by atoms with Crippen molar-refractivity contribution in [2.75, 3.05) is 32.0 Å². The maximum absolute atomic E-state index is 12.2. The number of hydrogen-bond donors (Lipinski definition) is 2. The number of amides is 2. The van der Waals surface area contributed by atoms with Crippen LogP contribution >= 0.6 is 11.8 Å². The van der Waals surface area contributed by atoms with Crippen LogP contribution in [0.25, 0.3) is 0 Å². The summed E-state index contributed by atoms with van der Waals surface area (Å²) < 4.78 is 0. The molecule has 0 radical (unpaired) electrons. The second kappa shape index (κ2) is 10.9. The monoisotopic (exact) mass is 399 g/mol. The average molecular weight is 400 g/mol. The van der Waals surface area contributed by atoms with Crippen LogP contribution in [0.15, 0.2) is 52.3 Å². The molecule has 0 unspecified atom stereocenters. The van der Waals surface area contributed by atoms with Crippen molar-refractivity contribution in [3.05, 3.63) is 53.6 Å². The first-order valence-electron chi connectivity index (χ1n) is 9.47. The lowest BCUT2D eigenvalue weighted by atomic mass is 10.1. The van der Waals surface area contributed by atoms with E-state index in [1.54, 1.807) is 23.7 Å². The van der Waals surface area contributed by atoms with Gasteiger partial charge in [-0.25, -0.2) is 0 Å². The number of nitrogens with one attached hydrogen (secondary N) is 2. The van der Waals surface area contributed by atoms with Gasteiger partial charge in [0.2, 0.25) is 11.8 Å². The fraction of sp³-hybridized carbons (Fsp3) is 0.364. The molecule has 0 spiro atoms. The number of nitrogens with zero attached hydrogens (tertiary/aromatic N) is 1. The molecule has 0 aliphatic carbocycles. The lowest BCUT2D eigenvalue weighted by molar-refractivity contribution is -0.122. The lowest BCUT2D eigenvalue weighted by Crippen LogP contribution is -2.39. The number of likely N-dealkylation sites (N-methyl/N-ethyl adjacent to an activating group) is 1. The predicted molar refractivity (Wildman–Crippen MR) is 116 cm³/mol. The largest absolute Gasteiger partial charge is 0.355 e. The zero-order chi connectivity index (χ0) is 20.5. The van der Waals surface area contributed by atoms with Crippen LogP contribution in [0.2, 0.25) is 0 Å². The molecule has 0 bridgehead atoms. The van der Waals surface area contributed by atoms with E-state index >= 15 is 0 Å². The van der Waals surface area contributed by atoms with E-state index < -0.39 is 0 Å². The first-order valence-corrected chi connectivity index (χ1v) is 10.3. The van der Waals surface area contributed by atoms with Crippen LogP contribution in [0.5, 0.6) is 0 Å². The number of benzene rings is 2. The fourth-order valence-corrected chi connectivity index (χ4v) is 3.50. The fourth-order valence-electron chi connectivity index (χ4n) is 2.59. The Kier molecular flexibility index (Phi) is 8.54. The Balaban J connectivity index is 1.83. The number of carbonyl (C=O) groups excluding carboxylic acids is 2. The highest BCUT2D eigenvalue weighted by atomic mass is 32.2. The van der Waals surface area contributed by atoms with Gasteiger partial charge in [-0.3, -0.25) is 14.5 Å². The van der Waals surface area contributed by atoms with Crippen molar-refractivity contribution < 1.29 is 9.59 Å². The summed E-state index contributed by atoms with van der Waals surface area (Å²) in [7, 11) is 1.76. The maximum atomic E-state index is 12.2. The summed E-state index contributed by atoms with van der Waals surface area (Å²) in [4.78, 5) is 27.9. The highest BCUT2D eigenvalue weighted by Gasteiger charge is 2.10. The van der Waals surface area contributed by atoms with E-state index in [2.05, 4.69) is 42.7 Å². The van der Waals surface area contributed by atoms with Crippen molar-refractivity contribution in [3.8, 4) is 0 Å². The van der Waals surface area contributed by atoms with Crippen molar-refractivity contribution in [2.45, 2.75) is 37.0 Å². The van der Waals surface area contributed by atoms with Gasteiger partial charge in [0.25, 0.3) is 0 Å². The normalized spacial score (nSPS) is 10.8. The highest BCUT2D eigenvalue weighted by Crippen LogP contribution is 2.29. The second-order valence-corrected chi connectivity index (χ2v) is 8.09. The molecule has 0 heterocycles. The number of rotatable bonds is 9. The molecule has 5 nitrogen and oxygen atoms in total. The molecule has 2 amide bonds. The van der Waals surface area contributed by atoms with Gasteiger partial charge >= 0.3 is 0 Å². The summed E-state index contributed by atoms with van der Waals surface area (Å²) >= 11 is 1.70. The molecule has 2 N–H and O–H groups in total. The second-order valence-electron chi connectivity index (χ2n) is 6.94. The van der Waals surface area contributed by atoms with E-state index in [1.807, 2.05) is 31.2 Å². The minimum absolute atomic E-state index is 0.0649. The average Bonchev–Trinajstić information content (AvgIpc) is 2.64. The molecule has 0 fully saturated rings. The molecule has 2 aromatic carbocycles. The van der Waals surface area contributed by atoms with E-state index in [4.69, 9.17) is 0 Å². The first-order chi connectivity index (χ1) is 13.4. The zero-order valence-corrected chi connectivity index (χ0v) is 17.9. The first kappa shape index (κ1) is 22.0. The summed E-state index contributed by atoms with van der Waals surface area (Å²) in [5.74, 6) is -0.203. The molecule has 2 aromatic rings. The quantitative estimate of drug-likeness (QED) is 0.672. The molecule has 6 heteroatoms. The van der Waals surface area contributed by atoms with Crippen LogP contribution in [0.3, 0.4) is 0 Å². The predicted octanol–water partition coefficient (Wildman–Crippen LogP) is 3.85. The van der Waals surface area contributed by atoms with E-state index in [0.29, 0.717) is 6.54 Å². The van der Waals surface area contributed by atoms with E-state index in [1.165, 1.54) is 16.0 Å². The smallest absolute Gasteiger partial charge is 0.238 e. The van der Waals surface area contributed by atoms with Crippen LogP contribution in [-0.2, 0) is 9.59 Å². The van der Waals surface area contributed by atoms with Crippen molar-refractivity contribution >= 4 is 29.3 Å². The number of anilines is 1. The van der Waals surface area contributed by atoms with Crippen molar-refractivity contribution in [3.63, 3.8) is 0 Å². The minimum atomic E-state index is -0.139. The van der Waals surface area contributed by atoms with E-state index in [9.17, 15) is 9.59 Å². The number of aryl methyl sites for hydroxylation is 2. The molecular weight excluding hydrogens is 370 g/mol. The Morgan fingerprint density at radius 2 is 1.57 bits per heavy atom. The third-order valence-electron chi connectivity index (χ3n) is 4.25. The van der Waals surface area contributed by atoms with Crippen molar-refractivity contribution in [1.29, 1.82) is 0 Å².